The van der Waals surface area contributed by atoms with Crippen molar-refractivity contribution in [2.24, 2.45) is 0 Å². The molecule has 0 saturated carbocycles. The molecule has 0 unspecified atom stereocenters. The van der Waals surface area contributed by atoms with Gasteiger partial charge in [0, 0.05) is 13.2 Å². The Morgan fingerprint density at radius 3 is 2.13 bits per heavy atom. The third-order valence-corrected chi connectivity index (χ3v) is 1.46. The Kier molecular flexibility index (Phi) is 8.04. The lowest BCUT2D eigenvalue weighted by Gasteiger charge is -2.17. The van der Waals surface area contributed by atoms with Crippen molar-refractivity contribution in [2.75, 3.05) is 19.8 Å². The minimum Gasteiger partial charge on any atom is -0.447 e. The Labute approximate surface area is 91.1 Å². The Bertz CT molecular complexity index is 167. The molecule has 5 nitrogen and oxygen atoms in total. The van der Waals surface area contributed by atoms with Crippen LogP contribution in [0.4, 0.5) is 4.79 Å². The first kappa shape index (κ1) is 14.2. The molecule has 90 valence electrons. The summed E-state index contributed by atoms with van der Waals surface area (Å²) >= 11 is 0. The lowest BCUT2D eigenvalue weighted by atomic mass is 10.5. The van der Waals surface area contributed by atoms with E-state index in [9.17, 15) is 4.79 Å². The fourth-order valence-corrected chi connectivity index (χ4v) is 0.960. The highest BCUT2D eigenvalue weighted by Crippen LogP contribution is 1.94. The maximum absolute atomic E-state index is 11.1. The van der Waals surface area contributed by atoms with Crippen LogP contribution < -0.4 is 5.32 Å². The Morgan fingerprint density at radius 2 is 1.73 bits per heavy atom. The summed E-state index contributed by atoms with van der Waals surface area (Å²) in [4.78, 5) is 11.1. The van der Waals surface area contributed by atoms with E-state index in [1.54, 1.807) is 13.8 Å². The van der Waals surface area contributed by atoms with Crippen molar-refractivity contribution in [3.05, 3.63) is 0 Å². The molecule has 5 heteroatoms. The monoisotopic (exact) mass is 219 g/mol. The number of carbonyl (C=O) groups is 1. The van der Waals surface area contributed by atoms with Gasteiger partial charge in [0.25, 0.3) is 0 Å². The van der Waals surface area contributed by atoms with Gasteiger partial charge in [0.2, 0.25) is 0 Å². The molecular weight excluding hydrogens is 198 g/mol. The first-order valence-electron chi connectivity index (χ1n) is 5.27. The molecule has 0 aromatic heterocycles. The van der Waals surface area contributed by atoms with Gasteiger partial charge in [-0.3, -0.25) is 0 Å². The molecule has 0 aliphatic rings. The highest BCUT2D eigenvalue weighted by molar-refractivity contribution is 5.67. The van der Waals surface area contributed by atoms with Crippen LogP contribution in [0.15, 0.2) is 0 Å². The number of hydrogen-bond acceptors (Lipinski definition) is 4. The Hall–Kier alpha value is -0.810. The highest BCUT2D eigenvalue weighted by atomic mass is 16.7. The average molecular weight is 219 g/mol. The molecule has 0 atom stereocenters. The van der Waals surface area contributed by atoms with E-state index in [1.165, 1.54) is 0 Å². The summed E-state index contributed by atoms with van der Waals surface area (Å²) in [7, 11) is 0. The summed E-state index contributed by atoms with van der Waals surface area (Å²) in [5.74, 6) is 0. The van der Waals surface area contributed by atoms with E-state index in [1.807, 2.05) is 13.8 Å². The maximum Gasteiger partial charge on any atom is 0.407 e. The minimum atomic E-state index is -0.450. The van der Waals surface area contributed by atoms with Gasteiger partial charge in [-0.05, 0) is 27.7 Å². The minimum absolute atomic E-state index is 0.123. The van der Waals surface area contributed by atoms with Gasteiger partial charge in [-0.15, -0.1) is 0 Å². The van der Waals surface area contributed by atoms with Crippen LogP contribution in [0.2, 0.25) is 0 Å². The first-order valence-corrected chi connectivity index (χ1v) is 5.27. The molecule has 0 aliphatic heterocycles. The second-order valence-corrected chi connectivity index (χ2v) is 3.18. The van der Waals surface area contributed by atoms with Gasteiger partial charge in [0.05, 0.1) is 12.6 Å². The van der Waals surface area contributed by atoms with Crippen molar-refractivity contribution in [2.45, 2.75) is 40.1 Å². The van der Waals surface area contributed by atoms with Gasteiger partial charge in [-0.1, -0.05) is 0 Å². The van der Waals surface area contributed by atoms with E-state index >= 15 is 0 Å². The zero-order valence-electron chi connectivity index (χ0n) is 9.91. The van der Waals surface area contributed by atoms with Gasteiger partial charge >= 0.3 is 6.09 Å². The van der Waals surface area contributed by atoms with E-state index in [-0.39, 0.29) is 6.10 Å². The molecule has 0 bridgehead atoms. The third-order valence-electron chi connectivity index (χ3n) is 1.46. The van der Waals surface area contributed by atoms with Crippen molar-refractivity contribution in [1.29, 1.82) is 0 Å². The quantitative estimate of drug-likeness (QED) is 0.659. The second kappa shape index (κ2) is 8.49. The van der Waals surface area contributed by atoms with Crippen LogP contribution >= 0.6 is 0 Å². The van der Waals surface area contributed by atoms with Crippen LogP contribution in [0.25, 0.3) is 0 Å². The van der Waals surface area contributed by atoms with Crippen LogP contribution in [-0.2, 0) is 14.2 Å². The summed E-state index contributed by atoms with van der Waals surface area (Å²) in [6, 6.07) is 0. The van der Waals surface area contributed by atoms with E-state index in [4.69, 9.17) is 14.2 Å². The largest absolute Gasteiger partial charge is 0.447 e. The molecule has 0 aromatic rings. The Morgan fingerprint density at radius 1 is 1.20 bits per heavy atom. The summed E-state index contributed by atoms with van der Waals surface area (Å²) < 4.78 is 15.4. The molecule has 1 N–H and O–H groups in total. The lowest BCUT2D eigenvalue weighted by Crippen LogP contribution is -2.36. The molecule has 0 fully saturated rings. The Balaban J connectivity index is 3.72. The van der Waals surface area contributed by atoms with Crippen molar-refractivity contribution in [1.82, 2.24) is 5.32 Å². The van der Waals surface area contributed by atoms with Crippen LogP contribution in [-0.4, -0.2) is 38.2 Å². The molecule has 0 heterocycles. The number of alkyl carbamates (subject to hydrolysis) is 1. The van der Waals surface area contributed by atoms with E-state index in [0.29, 0.717) is 19.8 Å². The molecule has 1 amide bonds. The predicted molar refractivity (Wildman–Crippen MR) is 56.7 cm³/mol. The summed E-state index contributed by atoms with van der Waals surface area (Å²) in [5.41, 5.74) is 0. The standard InChI is InChI=1S/C10H21NO4/c1-5-13-9(14-6-2)7-11-10(12)15-8(3)4/h8-9H,5-7H2,1-4H3,(H,11,12). The van der Waals surface area contributed by atoms with E-state index < -0.39 is 12.4 Å². The van der Waals surface area contributed by atoms with Gasteiger partial charge in [-0.25, -0.2) is 4.79 Å². The number of hydrogen-bond donors (Lipinski definition) is 1. The van der Waals surface area contributed by atoms with Gasteiger partial charge < -0.3 is 19.5 Å². The highest BCUT2D eigenvalue weighted by Gasteiger charge is 2.11. The SMILES string of the molecule is CCOC(CNC(=O)OC(C)C)OCC. The number of nitrogens with one attached hydrogen (secondary N) is 1. The number of rotatable bonds is 7. The number of amides is 1. The van der Waals surface area contributed by atoms with Gasteiger partial charge in [0.1, 0.15) is 0 Å². The molecule has 15 heavy (non-hydrogen) atoms. The van der Waals surface area contributed by atoms with Gasteiger partial charge in [0.15, 0.2) is 6.29 Å². The third kappa shape index (κ3) is 8.20. The topological polar surface area (TPSA) is 56.8 Å². The van der Waals surface area contributed by atoms with Gasteiger partial charge in [-0.2, -0.15) is 0 Å². The maximum atomic E-state index is 11.1. The van der Waals surface area contributed by atoms with Crippen molar-refractivity contribution >= 4 is 6.09 Å². The van der Waals surface area contributed by atoms with Crippen LogP contribution in [0.3, 0.4) is 0 Å². The molecule has 0 rings (SSSR count). The summed E-state index contributed by atoms with van der Waals surface area (Å²) in [6.07, 6.45) is -0.975. The molecule has 0 aliphatic carbocycles. The second-order valence-electron chi connectivity index (χ2n) is 3.18. The first-order chi connectivity index (χ1) is 7.10. The zero-order chi connectivity index (χ0) is 11.7. The van der Waals surface area contributed by atoms with Crippen molar-refractivity contribution < 1.29 is 19.0 Å². The van der Waals surface area contributed by atoms with E-state index in [2.05, 4.69) is 5.32 Å². The zero-order valence-corrected chi connectivity index (χ0v) is 9.91. The molecule has 0 spiro atoms. The van der Waals surface area contributed by atoms with Crippen molar-refractivity contribution in [3.8, 4) is 0 Å². The number of carbonyl (C=O) groups excluding carboxylic acids is 1. The fourth-order valence-electron chi connectivity index (χ4n) is 0.960. The predicted octanol–water partition coefficient (Wildman–Crippen LogP) is 1.52. The summed E-state index contributed by atoms with van der Waals surface area (Å²) in [5, 5.41) is 2.57. The molecule has 0 aromatic carbocycles. The lowest BCUT2D eigenvalue weighted by molar-refractivity contribution is -0.132. The molecule has 0 radical (unpaired) electrons. The fraction of sp³-hybridized carbons (Fsp3) is 0.900. The van der Waals surface area contributed by atoms with Crippen molar-refractivity contribution in [3.63, 3.8) is 0 Å². The smallest absolute Gasteiger partial charge is 0.407 e. The average Bonchev–Trinajstić information content (AvgIpc) is 2.14. The summed E-state index contributed by atoms with van der Waals surface area (Å²) in [6.45, 7) is 8.73. The van der Waals surface area contributed by atoms with Crippen LogP contribution in [0.1, 0.15) is 27.7 Å². The normalized spacial score (nSPS) is 10.8. The van der Waals surface area contributed by atoms with Crippen LogP contribution in [0.5, 0.6) is 0 Å². The number of ether oxygens (including phenoxy) is 3. The van der Waals surface area contributed by atoms with E-state index in [0.717, 1.165) is 0 Å². The molecule has 0 saturated heterocycles. The van der Waals surface area contributed by atoms with Crippen LogP contribution in [0, 0.1) is 0 Å². The molecular formula is C10H21NO4.